The largest absolute Gasteiger partial charge is 0.506 e. The van der Waals surface area contributed by atoms with Gasteiger partial charge in [0.2, 0.25) is 0 Å². The molecule has 0 aliphatic carbocycles. The molecule has 2 N–H and O–H groups in total. The molecule has 112 valence electrons. The topological polar surface area (TPSA) is 82.3 Å². The number of phenolic OH excluding ortho intramolecular Hbond substituents is 1. The van der Waals surface area contributed by atoms with Crippen LogP contribution in [0.25, 0.3) is 6.08 Å². The minimum atomic E-state index is -0.410. The molecule has 0 spiro atoms. The van der Waals surface area contributed by atoms with E-state index < -0.39 is 5.91 Å². The molecule has 0 aromatic heterocycles. The van der Waals surface area contributed by atoms with Crippen LogP contribution in [-0.2, 0) is 9.53 Å². The summed E-state index contributed by atoms with van der Waals surface area (Å²) in [4.78, 5) is 11.9. The fourth-order valence-electron chi connectivity index (χ4n) is 1.50. The molecule has 0 saturated heterocycles. The minimum Gasteiger partial charge on any atom is -0.506 e. The van der Waals surface area contributed by atoms with Gasteiger partial charge in [-0.05, 0) is 75.4 Å². The Morgan fingerprint density at radius 2 is 2.10 bits per heavy atom. The van der Waals surface area contributed by atoms with Gasteiger partial charge < -0.3 is 15.2 Å². The smallest absolute Gasteiger partial charge is 0.261 e. The molecule has 5 nitrogen and oxygen atoms in total. The van der Waals surface area contributed by atoms with Crippen LogP contribution in [0.4, 0.5) is 0 Å². The van der Waals surface area contributed by atoms with E-state index in [-0.39, 0.29) is 11.3 Å². The molecule has 0 unspecified atom stereocenters. The quantitative estimate of drug-likeness (QED) is 0.266. The number of hydrogen-bond acceptors (Lipinski definition) is 4. The molecule has 0 heterocycles. The summed E-state index contributed by atoms with van der Waals surface area (Å²) in [5.74, 6) is -0.206. The van der Waals surface area contributed by atoms with Crippen molar-refractivity contribution in [2.24, 2.45) is 0 Å². The lowest BCUT2D eigenvalue weighted by Crippen LogP contribution is -2.26. The fourth-order valence-corrected chi connectivity index (χ4v) is 3.31. The first kappa shape index (κ1) is 18.2. The van der Waals surface area contributed by atoms with Gasteiger partial charge in [-0.15, -0.1) is 0 Å². The third-order valence-corrected chi connectivity index (χ3v) is 4.17. The Morgan fingerprint density at radius 3 is 2.62 bits per heavy atom. The zero-order valence-electron chi connectivity index (χ0n) is 11.3. The molecule has 7 heteroatoms. The molecule has 0 atom stereocenters. The molecule has 1 rings (SSSR count). The summed E-state index contributed by atoms with van der Waals surface area (Å²) in [5, 5.41) is 21.5. The number of phenols is 1. The first-order valence-electron chi connectivity index (χ1n) is 6.06. The van der Waals surface area contributed by atoms with Gasteiger partial charge in [0.15, 0.2) is 0 Å². The maximum absolute atomic E-state index is 11.9. The summed E-state index contributed by atoms with van der Waals surface area (Å²) in [6.07, 6.45) is 2.20. The lowest BCUT2D eigenvalue weighted by Gasteiger charge is -2.05. The van der Waals surface area contributed by atoms with Crippen LogP contribution in [0.15, 0.2) is 17.7 Å². The first-order valence-corrected chi connectivity index (χ1v) is 8.22. The van der Waals surface area contributed by atoms with Gasteiger partial charge in [0.25, 0.3) is 5.91 Å². The number of ether oxygens (including phenoxy) is 1. The van der Waals surface area contributed by atoms with Crippen LogP contribution in [0, 0.1) is 18.5 Å². The highest BCUT2D eigenvalue weighted by Crippen LogP contribution is 2.28. The van der Waals surface area contributed by atoms with E-state index >= 15 is 0 Å². The number of carbonyl (C=O) groups excluding carboxylic acids is 1. The lowest BCUT2D eigenvalue weighted by molar-refractivity contribution is -0.117. The number of halogens is 2. The third-order valence-electron chi connectivity index (χ3n) is 2.53. The van der Waals surface area contributed by atoms with Gasteiger partial charge in [-0.3, -0.25) is 4.79 Å². The molecular formula is C14H14I2N2O3. The van der Waals surface area contributed by atoms with Gasteiger partial charge in [-0.25, -0.2) is 0 Å². The predicted octanol–water partition coefficient (Wildman–Crippen LogP) is 2.66. The van der Waals surface area contributed by atoms with Crippen LogP contribution >= 0.6 is 45.2 Å². The second-order valence-electron chi connectivity index (χ2n) is 4.11. The summed E-state index contributed by atoms with van der Waals surface area (Å²) < 4.78 is 6.23. The van der Waals surface area contributed by atoms with Crippen molar-refractivity contribution in [3.8, 4) is 11.8 Å². The summed E-state index contributed by atoms with van der Waals surface area (Å²) in [5.41, 5.74) is 0.731. The molecule has 0 radical (unpaired) electrons. The van der Waals surface area contributed by atoms with Crippen LogP contribution in [0.3, 0.4) is 0 Å². The van der Waals surface area contributed by atoms with Crippen molar-refractivity contribution in [2.45, 2.75) is 6.42 Å². The molecule has 1 aromatic rings. The summed E-state index contributed by atoms with van der Waals surface area (Å²) in [6, 6.07) is 5.33. The van der Waals surface area contributed by atoms with Gasteiger partial charge in [0.1, 0.15) is 17.4 Å². The highest BCUT2D eigenvalue weighted by atomic mass is 127. The average Bonchev–Trinajstić information content (AvgIpc) is 2.46. The van der Waals surface area contributed by atoms with Gasteiger partial charge in [-0.1, -0.05) is 0 Å². The SMILES string of the molecule is COCCCNC(=O)/C(C#N)=C/c1cc(I)c(O)c(I)c1. The Morgan fingerprint density at radius 1 is 1.48 bits per heavy atom. The summed E-state index contributed by atoms with van der Waals surface area (Å²) in [6.45, 7) is 1.01. The lowest BCUT2D eigenvalue weighted by atomic mass is 10.1. The van der Waals surface area contributed by atoms with Gasteiger partial charge in [-0.2, -0.15) is 5.26 Å². The van der Waals surface area contributed by atoms with Crippen LogP contribution in [0.2, 0.25) is 0 Å². The Balaban J connectivity index is 2.84. The zero-order valence-corrected chi connectivity index (χ0v) is 15.6. The number of carbonyl (C=O) groups is 1. The molecule has 1 aromatic carbocycles. The Hall–Kier alpha value is -0.860. The number of nitrogens with one attached hydrogen (secondary N) is 1. The van der Waals surface area contributed by atoms with E-state index in [0.29, 0.717) is 32.3 Å². The van der Waals surface area contributed by atoms with Crippen LogP contribution in [0.5, 0.6) is 5.75 Å². The predicted molar refractivity (Wildman–Crippen MR) is 96.6 cm³/mol. The maximum Gasteiger partial charge on any atom is 0.261 e. The van der Waals surface area contributed by atoms with E-state index in [1.54, 1.807) is 19.2 Å². The Bertz CT molecular complexity index is 571. The molecule has 1 amide bonds. The summed E-state index contributed by atoms with van der Waals surface area (Å²) in [7, 11) is 1.59. The van der Waals surface area contributed by atoms with Crippen molar-refractivity contribution in [1.29, 1.82) is 5.26 Å². The fraction of sp³-hybridized carbons (Fsp3) is 0.286. The van der Waals surface area contributed by atoms with Gasteiger partial charge >= 0.3 is 0 Å². The van der Waals surface area contributed by atoms with Crippen molar-refractivity contribution in [2.75, 3.05) is 20.3 Å². The monoisotopic (exact) mass is 512 g/mol. The van der Waals surface area contributed by atoms with Crippen molar-refractivity contribution in [3.05, 3.63) is 30.4 Å². The van der Waals surface area contributed by atoms with E-state index in [1.807, 2.05) is 51.3 Å². The van der Waals surface area contributed by atoms with Crippen molar-refractivity contribution >= 4 is 57.2 Å². The zero-order chi connectivity index (χ0) is 15.8. The van der Waals surface area contributed by atoms with Crippen molar-refractivity contribution in [1.82, 2.24) is 5.32 Å². The minimum absolute atomic E-state index is 0.0321. The normalized spacial score (nSPS) is 11.0. The average molecular weight is 512 g/mol. The summed E-state index contributed by atoms with van der Waals surface area (Å²) >= 11 is 4.00. The molecule has 0 aliphatic rings. The number of rotatable bonds is 6. The number of hydrogen-bond donors (Lipinski definition) is 2. The molecule has 0 saturated carbocycles. The number of nitriles is 1. The Labute approximate surface area is 150 Å². The van der Waals surface area contributed by atoms with Crippen LogP contribution in [-0.4, -0.2) is 31.3 Å². The number of benzene rings is 1. The Kier molecular flexibility index (Phi) is 7.98. The van der Waals surface area contributed by atoms with E-state index in [1.165, 1.54) is 6.08 Å². The highest BCUT2D eigenvalue weighted by molar-refractivity contribution is 14.1. The van der Waals surface area contributed by atoms with Gasteiger partial charge in [0.05, 0.1) is 7.14 Å². The highest BCUT2D eigenvalue weighted by Gasteiger charge is 2.10. The molecule has 0 fully saturated rings. The number of methoxy groups -OCH3 is 1. The van der Waals surface area contributed by atoms with E-state index in [4.69, 9.17) is 10.00 Å². The number of nitrogens with zero attached hydrogens (tertiary/aromatic N) is 1. The molecule has 0 bridgehead atoms. The van der Waals surface area contributed by atoms with Crippen molar-refractivity contribution in [3.63, 3.8) is 0 Å². The number of aromatic hydroxyl groups is 1. The van der Waals surface area contributed by atoms with E-state index in [0.717, 1.165) is 0 Å². The second kappa shape index (κ2) is 9.22. The van der Waals surface area contributed by atoms with E-state index in [2.05, 4.69) is 5.32 Å². The molecule has 21 heavy (non-hydrogen) atoms. The second-order valence-corrected chi connectivity index (χ2v) is 6.43. The van der Waals surface area contributed by atoms with Crippen LogP contribution in [0.1, 0.15) is 12.0 Å². The van der Waals surface area contributed by atoms with Gasteiger partial charge in [0, 0.05) is 20.3 Å². The maximum atomic E-state index is 11.9. The van der Waals surface area contributed by atoms with Crippen molar-refractivity contribution < 1.29 is 14.6 Å². The van der Waals surface area contributed by atoms with E-state index in [9.17, 15) is 9.90 Å². The first-order chi connectivity index (χ1) is 9.99. The third kappa shape index (κ3) is 5.80. The molecule has 0 aliphatic heterocycles. The standard InChI is InChI=1S/C14H14I2N2O3/c1-21-4-2-3-18-14(20)10(8-17)5-9-6-11(15)13(19)12(16)7-9/h5-7,19H,2-4H2,1H3,(H,18,20)/b10-5+. The number of amides is 1. The van der Waals surface area contributed by atoms with Crippen LogP contribution < -0.4 is 5.32 Å². The molecular weight excluding hydrogens is 498 g/mol.